The molecule has 0 radical (unpaired) electrons. The Morgan fingerprint density at radius 3 is 2.57 bits per heavy atom. The SMILES string of the molecule is CON(Cc1ccc2c(c1)[nH]c1ccccc12)C(=O)C(CO[N+](=O)[O-])C(C)C. The summed E-state index contributed by atoms with van der Waals surface area (Å²) in [5.74, 6) is -1.17. The molecule has 3 aromatic rings. The minimum absolute atomic E-state index is 0.138. The van der Waals surface area contributed by atoms with Crippen molar-refractivity contribution in [2.75, 3.05) is 13.7 Å². The lowest BCUT2D eigenvalue weighted by Crippen LogP contribution is -2.39. The molecule has 0 fully saturated rings. The molecule has 8 nitrogen and oxygen atoms in total. The van der Waals surface area contributed by atoms with Crippen molar-refractivity contribution in [1.82, 2.24) is 10.0 Å². The molecule has 1 heterocycles. The van der Waals surface area contributed by atoms with Gasteiger partial charge in [0.25, 0.3) is 11.0 Å². The maximum Gasteiger partial charge on any atom is 0.294 e. The summed E-state index contributed by atoms with van der Waals surface area (Å²) in [6, 6.07) is 14.0. The maximum absolute atomic E-state index is 12.8. The quantitative estimate of drug-likeness (QED) is 0.471. The largest absolute Gasteiger partial charge is 0.355 e. The molecule has 0 aliphatic rings. The number of H-pyrrole nitrogens is 1. The summed E-state index contributed by atoms with van der Waals surface area (Å²) in [7, 11) is 1.41. The summed E-state index contributed by atoms with van der Waals surface area (Å²) in [5, 5.41) is 13.1. The van der Waals surface area contributed by atoms with E-state index in [-0.39, 0.29) is 25.0 Å². The normalized spacial score (nSPS) is 12.4. The van der Waals surface area contributed by atoms with Crippen molar-refractivity contribution >= 4 is 27.7 Å². The number of benzene rings is 2. The van der Waals surface area contributed by atoms with E-state index in [0.717, 1.165) is 27.4 Å². The van der Waals surface area contributed by atoms with E-state index in [1.54, 1.807) is 0 Å². The second-order valence-electron chi connectivity index (χ2n) is 6.98. The lowest BCUT2D eigenvalue weighted by molar-refractivity contribution is -0.759. The number of carbonyl (C=O) groups excluding carboxylic acids is 1. The van der Waals surface area contributed by atoms with Gasteiger partial charge in [-0.2, -0.15) is 0 Å². The molecule has 2 aromatic carbocycles. The molecule has 1 unspecified atom stereocenters. The van der Waals surface area contributed by atoms with Gasteiger partial charge in [0.15, 0.2) is 0 Å². The van der Waals surface area contributed by atoms with E-state index in [4.69, 9.17) is 4.84 Å². The highest BCUT2D eigenvalue weighted by atomic mass is 16.9. The number of amides is 1. The van der Waals surface area contributed by atoms with Gasteiger partial charge in [0.05, 0.1) is 19.6 Å². The molecule has 1 atom stereocenters. The molecule has 0 saturated heterocycles. The Bertz CT molecular complexity index is 998. The third-order valence-corrected chi connectivity index (χ3v) is 4.84. The molecule has 1 amide bonds. The maximum atomic E-state index is 12.8. The van der Waals surface area contributed by atoms with Gasteiger partial charge in [-0.1, -0.05) is 44.2 Å². The third kappa shape index (κ3) is 4.07. The van der Waals surface area contributed by atoms with Crippen molar-refractivity contribution in [3.63, 3.8) is 0 Å². The Morgan fingerprint density at radius 1 is 1.18 bits per heavy atom. The molecule has 0 aliphatic carbocycles. The van der Waals surface area contributed by atoms with Crippen LogP contribution in [-0.2, 0) is 21.0 Å². The van der Waals surface area contributed by atoms with Crippen LogP contribution in [0.2, 0.25) is 0 Å². The zero-order valence-electron chi connectivity index (χ0n) is 16.0. The van der Waals surface area contributed by atoms with Gasteiger partial charge in [-0.3, -0.25) is 9.63 Å². The summed E-state index contributed by atoms with van der Waals surface area (Å²) in [6.07, 6.45) is 0. The number of nitrogens with zero attached hydrogens (tertiary/aromatic N) is 2. The average Bonchev–Trinajstić information content (AvgIpc) is 3.03. The monoisotopic (exact) mass is 385 g/mol. The van der Waals surface area contributed by atoms with Gasteiger partial charge >= 0.3 is 0 Å². The van der Waals surface area contributed by atoms with Crippen LogP contribution < -0.4 is 0 Å². The van der Waals surface area contributed by atoms with Gasteiger partial charge in [0, 0.05) is 21.8 Å². The van der Waals surface area contributed by atoms with Crippen LogP contribution in [-0.4, -0.2) is 34.8 Å². The fourth-order valence-corrected chi connectivity index (χ4v) is 3.27. The number of hydrogen-bond donors (Lipinski definition) is 1. The molecule has 28 heavy (non-hydrogen) atoms. The predicted molar refractivity (Wildman–Crippen MR) is 105 cm³/mol. The van der Waals surface area contributed by atoms with Crippen LogP contribution in [0.5, 0.6) is 0 Å². The summed E-state index contributed by atoms with van der Waals surface area (Å²) >= 11 is 0. The zero-order chi connectivity index (χ0) is 20.3. The van der Waals surface area contributed by atoms with Crippen LogP contribution in [0, 0.1) is 22.0 Å². The van der Waals surface area contributed by atoms with Crippen LogP contribution in [0.25, 0.3) is 21.8 Å². The van der Waals surface area contributed by atoms with E-state index in [2.05, 4.69) is 15.9 Å². The average molecular weight is 385 g/mol. The number of para-hydroxylation sites is 1. The topological polar surface area (TPSA) is 97.7 Å². The fourth-order valence-electron chi connectivity index (χ4n) is 3.27. The van der Waals surface area contributed by atoms with Crippen LogP contribution in [0.4, 0.5) is 0 Å². The first-order valence-corrected chi connectivity index (χ1v) is 9.03. The first-order chi connectivity index (χ1) is 13.4. The first-order valence-electron chi connectivity index (χ1n) is 9.03. The minimum atomic E-state index is -0.885. The van der Waals surface area contributed by atoms with Crippen molar-refractivity contribution in [2.24, 2.45) is 11.8 Å². The van der Waals surface area contributed by atoms with Crippen LogP contribution in [0.3, 0.4) is 0 Å². The van der Waals surface area contributed by atoms with Gasteiger partial charge in [-0.25, -0.2) is 5.06 Å². The van der Waals surface area contributed by atoms with E-state index in [1.807, 2.05) is 50.2 Å². The van der Waals surface area contributed by atoms with Crippen LogP contribution >= 0.6 is 0 Å². The molecule has 8 heteroatoms. The van der Waals surface area contributed by atoms with E-state index in [0.29, 0.717) is 0 Å². The van der Waals surface area contributed by atoms with Crippen molar-refractivity contribution in [1.29, 1.82) is 0 Å². The molecule has 1 N–H and O–H groups in total. The van der Waals surface area contributed by atoms with Crippen molar-refractivity contribution in [2.45, 2.75) is 20.4 Å². The highest BCUT2D eigenvalue weighted by molar-refractivity contribution is 6.07. The standard InChI is InChI=1S/C20H23N3O5/c1-13(2)17(12-28-23(25)26)20(24)22(27-3)11-14-8-9-16-15-6-4-5-7-18(15)21-19(16)10-14/h4-10,13,17,21H,11-12H2,1-3H3. The van der Waals surface area contributed by atoms with Gasteiger partial charge in [-0.05, 0) is 23.6 Å². The third-order valence-electron chi connectivity index (χ3n) is 4.84. The Morgan fingerprint density at radius 2 is 1.89 bits per heavy atom. The number of fused-ring (bicyclic) bond motifs is 3. The molecule has 1 aromatic heterocycles. The molecular formula is C20H23N3O5. The van der Waals surface area contributed by atoms with Gasteiger partial charge in [-0.15, -0.1) is 10.1 Å². The highest BCUT2D eigenvalue weighted by Gasteiger charge is 2.29. The number of hydrogen-bond acceptors (Lipinski definition) is 5. The smallest absolute Gasteiger partial charge is 0.294 e. The minimum Gasteiger partial charge on any atom is -0.355 e. The summed E-state index contributed by atoms with van der Waals surface area (Å²) in [5.41, 5.74) is 2.90. The molecule has 148 valence electrons. The number of rotatable bonds is 8. The van der Waals surface area contributed by atoms with Gasteiger partial charge in [0.1, 0.15) is 6.61 Å². The van der Waals surface area contributed by atoms with E-state index >= 15 is 0 Å². The summed E-state index contributed by atoms with van der Waals surface area (Å²) < 4.78 is 0. The van der Waals surface area contributed by atoms with Crippen LogP contribution in [0.15, 0.2) is 42.5 Å². The summed E-state index contributed by atoms with van der Waals surface area (Å²) in [6.45, 7) is 3.55. The number of aromatic amines is 1. The number of hydroxylamine groups is 2. The predicted octanol–water partition coefficient (Wildman–Crippen LogP) is 3.69. The number of carbonyl (C=O) groups is 1. The fraction of sp³-hybridized carbons (Fsp3) is 0.350. The number of aromatic nitrogens is 1. The van der Waals surface area contributed by atoms with E-state index < -0.39 is 11.0 Å². The van der Waals surface area contributed by atoms with Crippen molar-refractivity contribution in [3.8, 4) is 0 Å². The second-order valence-corrected chi connectivity index (χ2v) is 6.98. The van der Waals surface area contributed by atoms with Gasteiger partial charge in [0.2, 0.25) is 0 Å². The Kier molecular flexibility index (Phi) is 5.79. The molecule has 0 saturated carbocycles. The molecule has 3 rings (SSSR count). The molecule has 0 bridgehead atoms. The number of nitrogens with one attached hydrogen (secondary N) is 1. The Labute approximate surface area is 162 Å². The first kappa shape index (κ1) is 19.6. The van der Waals surface area contributed by atoms with E-state index in [1.165, 1.54) is 12.2 Å². The van der Waals surface area contributed by atoms with Crippen LogP contribution in [0.1, 0.15) is 19.4 Å². The summed E-state index contributed by atoms with van der Waals surface area (Å²) in [4.78, 5) is 36.4. The Balaban J connectivity index is 1.81. The molecule has 0 spiro atoms. The Hall–Kier alpha value is -3.13. The second kappa shape index (κ2) is 8.26. The lowest BCUT2D eigenvalue weighted by Gasteiger charge is -2.26. The molecular weight excluding hydrogens is 362 g/mol. The van der Waals surface area contributed by atoms with Crippen molar-refractivity contribution in [3.05, 3.63) is 58.1 Å². The molecule has 0 aliphatic heterocycles. The zero-order valence-corrected chi connectivity index (χ0v) is 16.0. The highest BCUT2D eigenvalue weighted by Crippen LogP contribution is 2.26. The van der Waals surface area contributed by atoms with Gasteiger partial charge < -0.3 is 9.82 Å². The van der Waals surface area contributed by atoms with Crippen molar-refractivity contribution < 1.29 is 19.6 Å². The lowest BCUT2D eigenvalue weighted by atomic mass is 9.95. The van der Waals surface area contributed by atoms with E-state index in [9.17, 15) is 14.9 Å².